The van der Waals surface area contributed by atoms with Gasteiger partial charge in [0.15, 0.2) is 0 Å². The zero-order chi connectivity index (χ0) is 16.1. The molecule has 2 rings (SSSR count). The third-order valence-corrected chi connectivity index (χ3v) is 3.87. The Bertz CT molecular complexity index is 559. The molecule has 1 saturated heterocycles. The first kappa shape index (κ1) is 16.0. The van der Waals surface area contributed by atoms with Gasteiger partial charge in [-0.3, -0.25) is 14.4 Å². The molecule has 0 bridgehead atoms. The standard InChI is InChI=1S/C16H20N2O4/c1-11(16(21)22)15(12-6-3-2-4-7-12)17-13(19)10-18-9-5-8-14(18)20/h2-4,6-7,11,15H,5,8-10H2,1H3,(H,17,19)(H,21,22)/t11-,15+/m1/s1. The van der Waals surface area contributed by atoms with Gasteiger partial charge >= 0.3 is 5.97 Å². The normalized spacial score (nSPS) is 17.1. The average Bonchev–Trinajstić information content (AvgIpc) is 2.90. The maximum absolute atomic E-state index is 12.2. The molecule has 1 aliphatic heterocycles. The number of aliphatic carboxylic acids is 1. The van der Waals surface area contributed by atoms with Gasteiger partial charge in [-0.25, -0.2) is 0 Å². The summed E-state index contributed by atoms with van der Waals surface area (Å²) in [7, 11) is 0. The largest absolute Gasteiger partial charge is 0.481 e. The van der Waals surface area contributed by atoms with E-state index in [4.69, 9.17) is 0 Å². The SMILES string of the molecule is C[C@@H](C(=O)O)[C@H](NC(=O)CN1CCCC1=O)c1ccccc1. The molecule has 0 radical (unpaired) electrons. The van der Waals surface area contributed by atoms with E-state index >= 15 is 0 Å². The summed E-state index contributed by atoms with van der Waals surface area (Å²) in [5.74, 6) is -2.11. The Morgan fingerprint density at radius 3 is 2.55 bits per heavy atom. The van der Waals surface area contributed by atoms with E-state index in [9.17, 15) is 19.5 Å². The number of carboxylic acids is 1. The van der Waals surface area contributed by atoms with Crippen LogP contribution in [0.5, 0.6) is 0 Å². The molecule has 1 fully saturated rings. The Morgan fingerprint density at radius 2 is 2.00 bits per heavy atom. The van der Waals surface area contributed by atoms with Crippen molar-refractivity contribution in [3.63, 3.8) is 0 Å². The molecule has 6 heteroatoms. The number of carbonyl (C=O) groups excluding carboxylic acids is 2. The Hall–Kier alpha value is -2.37. The molecular formula is C16H20N2O4. The summed E-state index contributed by atoms with van der Waals surface area (Å²) < 4.78 is 0. The molecule has 1 heterocycles. The highest BCUT2D eigenvalue weighted by Gasteiger charge is 2.28. The first-order valence-corrected chi connectivity index (χ1v) is 7.34. The van der Waals surface area contributed by atoms with Crippen molar-refractivity contribution < 1.29 is 19.5 Å². The predicted octanol–water partition coefficient (Wildman–Crippen LogP) is 1.19. The van der Waals surface area contributed by atoms with Crippen molar-refractivity contribution in [3.05, 3.63) is 35.9 Å². The maximum atomic E-state index is 12.2. The molecule has 1 aliphatic rings. The van der Waals surface area contributed by atoms with Crippen molar-refractivity contribution in [1.82, 2.24) is 10.2 Å². The first-order valence-electron chi connectivity index (χ1n) is 7.34. The molecule has 1 aromatic carbocycles. The maximum Gasteiger partial charge on any atom is 0.308 e. The van der Waals surface area contributed by atoms with Crippen LogP contribution < -0.4 is 5.32 Å². The molecule has 118 valence electrons. The summed E-state index contributed by atoms with van der Waals surface area (Å²) in [6.07, 6.45) is 1.24. The third kappa shape index (κ3) is 3.84. The molecule has 2 amide bonds. The van der Waals surface area contributed by atoms with Gasteiger partial charge in [0.25, 0.3) is 0 Å². The van der Waals surface area contributed by atoms with Crippen LogP contribution >= 0.6 is 0 Å². The molecule has 1 aromatic rings. The lowest BCUT2D eigenvalue weighted by atomic mass is 9.94. The number of carboxylic acid groups (broad SMARTS) is 1. The van der Waals surface area contributed by atoms with Gasteiger partial charge in [-0.15, -0.1) is 0 Å². The minimum atomic E-state index is -0.980. The molecule has 6 nitrogen and oxygen atoms in total. The van der Waals surface area contributed by atoms with E-state index < -0.39 is 17.9 Å². The fourth-order valence-electron chi connectivity index (χ4n) is 2.56. The second-order valence-corrected chi connectivity index (χ2v) is 5.50. The highest BCUT2D eigenvalue weighted by molar-refractivity contribution is 5.86. The van der Waals surface area contributed by atoms with E-state index in [1.165, 1.54) is 4.90 Å². The molecule has 2 atom stereocenters. The summed E-state index contributed by atoms with van der Waals surface area (Å²) in [6, 6.07) is 8.37. The third-order valence-electron chi connectivity index (χ3n) is 3.87. The number of likely N-dealkylation sites (tertiary alicyclic amines) is 1. The van der Waals surface area contributed by atoms with E-state index in [1.54, 1.807) is 31.2 Å². The highest BCUT2D eigenvalue weighted by atomic mass is 16.4. The number of hydrogen-bond donors (Lipinski definition) is 2. The molecule has 22 heavy (non-hydrogen) atoms. The average molecular weight is 304 g/mol. The van der Waals surface area contributed by atoms with Crippen LogP contribution in [-0.2, 0) is 14.4 Å². The van der Waals surface area contributed by atoms with E-state index in [1.807, 2.05) is 6.07 Å². The van der Waals surface area contributed by atoms with E-state index in [0.29, 0.717) is 13.0 Å². The summed E-state index contributed by atoms with van der Waals surface area (Å²) in [6.45, 7) is 2.12. The number of benzene rings is 1. The van der Waals surface area contributed by atoms with E-state index in [0.717, 1.165) is 12.0 Å². The lowest BCUT2D eigenvalue weighted by molar-refractivity contribution is -0.143. The number of amides is 2. The fourth-order valence-corrected chi connectivity index (χ4v) is 2.56. The molecule has 0 aliphatic carbocycles. The number of carbonyl (C=O) groups is 3. The van der Waals surface area contributed by atoms with Gasteiger partial charge in [0.1, 0.15) is 0 Å². The monoisotopic (exact) mass is 304 g/mol. The van der Waals surface area contributed by atoms with Crippen LogP contribution in [0.3, 0.4) is 0 Å². The molecule has 0 aromatic heterocycles. The molecular weight excluding hydrogens is 284 g/mol. The topological polar surface area (TPSA) is 86.7 Å². The molecule has 0 saturated carbocycles. The van der Waals surface area contributed by atoms with Crippen LogP contribution in [0.1, 0.15) is 31.4 Å². The van der Waals surface area contributed by atoms with Crippen LogP contribution in [0.2, 0.25) is 0 Å². The zero-order valence-electron chi connectivity index (χ0n) is 12.5. The lowest BCUT2D eigenvalue weighted by Gasteiger charge is -2.24. The van der Waals surface area contributed by atoms with Gasteiger partial charge in [0.05, 0.1) is 18.5 Å². The quantitative estimate of drug-likeness (QED) is 0.826. The second-order valence-electron chi connectivity index (χ2n) is 5.50. The number of rotatable bonds is 6. The minimum Gasteiger partial charge on any atom is -0.481 e. The smallest absolute Gasteiger partial charge is 0.308 e. The van der Waals surface area contributed by atoms with Crippen LogP contribution in [0.25, 0.3) is 0 Å². The van der Waals surface area contributed by atoms with Crippen molar-refractivity contribution in [2.45, 2.75) is 25.8 Å². The van der Waals surface area contributed by atoms with Gasteiger partial charge < -0.3 is 15.3 Å². The van der Waals surface area contributed by atoms with Crippen LogP contribution in [-0.4, -0.2) is 40.9 Å². The summed E-state index contributed by atoms with van der Waals surface area (Å²) in [4.78, 5) is 36.5. The lowest BCUT2D eigenvalue weighted by Crippen LogP contribution is -2.42. The van der Waals surface area contributed by atoms with Gasteiger partial charge in [-0.2, -0.15) is 0 Å². The Balaban J connectivity index is 2.07. The first-order chi connectivity index (χ1) is 10.5. The zero-order valence-corrected chi connectivity index (χ0v) is 12.5. The summed E-state index contributed by atoms with van der Waals surface area (Å²) in [5.41, 5.74) is 0.735. The molecule has 0 spiro atoms. The van der Waals surface area contributed by atoms with Crippen molar-refractivity contribution in [3.8, 4) is 0 Å². The Morgan fingerprint density at radius 1 is 1.32 bits per heavy atom. The predicted molar refractivity (Wildman–Crippen MR) is 79.9 cm³/mol. The van der Waals surface area contributed by atoms with Crippen molar-refractivity contribution in [2.24, 2.45) is 5.92 Å². The van der Waals surface area contributed by atoms with E-state index in [2.05, 4.69) is 5.32 Å². The highest BCUT2D eigenvalue weighted by Crippen LogP contribution is 2.22. The van der Waals surface area contributed by atoms with Crippen LogP contribution in [0.4, 0.5) is 0 Å². The van der Waals surface area contributed by atoms with Crippen molar-refractivity contribution in [1.29, 1.82) is 0 Å². The van der Waals surface area contributed by atoms with Gasteiger partial charge in [-0.1, -0.05) is 30.3 Å². The number of nitrogens with one attached hydrogen (secondary N) is 1. The van der Waals surface area contributed by atoms with Crippen LogP contribution in [0, 0.1) is 5.92 Å². The van der Waals surface area contributed by atoms with Crippen molar-refractivity contribution in [2.75, 3.05) is 13.1 Å². The van der Waals surface area contributed by atoms with Gasteiger partial charge in [-0.05, 0) is 18.9 Å². The number of hydrogen-bond acceptors (Lipinski definition) is 3. The number of nitrogens with zero attached hydrogens (tertiary/aromatic N) is 1. The van der Waals surface area contributed by atoms with E-state index in [-0.39, 0.29) is 18.4 Å². The molecule has 0 unspecified atom stereocenters. The van der Waals surface area contributed by atoms with Crippen molar-refractivity contribution >= 4 is 17.8 Å². The van der Waals surface area contributed by atoms with Gasteiger partial charge in [0, 0.05) is 13.0 Å². The Labute approximate surface area is 129 Å². The summed E-state index contributed by atoms with van der Waals surface area (Å²) in [5, 5.41) is 12.0. The molecule has 2 N–H and O–H groups in total. The Kier molecular flexibility index (Phi) is 5.14. The summed E-state index contributed by atoms with van der Waals surface area (Å²) >= 11 is 0. The second kappa shape index (κ2) is 7.06. The van der Waals surface area contributed by atoms with Gasteiger partial charge in [0.2, 0.25) is 11.8 Å². The fraction of sp³-hybridized carbons (Fsp3) is 0.438. The van der Waals surface area contributed by atoms with Crippen LogP contribution in [0.15, 0.2) is 30.3 Å². The minimum absolute atomic E-state index is 0.0193.